The van der Waals surface area contributed by atoms with Crippen molar-refractivity contribution in [1.82, 2.24) is 15.5 Å². The molecule has 0 unspecified atom stereocenters. The molecule has 4 atom stereocenters. The van der Waals surface area contributed by atoms with Crippen LogP contribution >= 0.6 is 23.2 Å². The average Bonchev–Trinajstić information content (AvgIpc) is 3.31. The van der Waals surface area contributed by atoms with E-state index >= 15 is 0 Å². The molecule has 0 saturated carbocycles. The summed E-state index contributed by atoms with van der Waals surface area (Å²) >= 11 is 12.1. The van der Waals surface area contributed by atoms with Gasteiger partial charge in [0.05, 0.1) is 12.1 Å². The number of anilines is 1. The van der Waals surface area contributed by atoms with Crippen molar-refractivity contribution in [2.45, 2.75) is 50.7 Å². The molecule has 3 heterocycles. The van der Waals surface area contributed by atoms with Gasteiger partial charge in [-0.25, -0.2) is 8.78 Å². The van der Waals surface area contributed by atoms with Crippen LogP contribution in [0.4, 0.5) is 14.5 Å². The maximum Gasteiger partial charge on any atom is 0.238 e. The van der Waals surface area contributed by atoms with Crippen molar-refractivity contribution in [3.05, 3.63) is 64.2 Å². The van der Waals surface area contributed by atoms with E-state index in [0.29, 0.717) is 42.3 Å². The minimum absolute atomic E-state index is 0.0274. The van der Waals surface area contributed by atoms with E-state index in [0.717, 1.165) is 5.56 Å². The predicted molar refractivity (Wildman–Crippen MR) is 153 cm³/mol. The molecule has 39 heavy (non-hydrogen) atoms. The van der Waals surface area contributed by atoms with E-state index < -0.39 is 36.8 Å². The summed E-state index contributed by atoms with van der Waals surface area (Å²) in [5, 5.41) is 10.1. The Morgan fingerprint density at radius 1 is 1.31 bits per heavy atom. The first-order valence-electron chi connectivity index (χ1n) is 13.1. The van der Waals surface area contributed by atoms with Gasteiger partial charge in [-0.15, -0.1) is 0 Å². The van der Waals surface area contributed by atoms with E-state index in [9.17, 15) is 18.4 Å². The number of benzene rings is 1. The SMILES string of the molecule is C=C(/C=C\C=C(\Cl)CF)[C@H]1[C@H](C(=O)NC2CN(CCF)C2)N[C@H](CC(C)(C)C)[C@]12C(=O)Nc1cc(Cl)ccc12. The number of fused-ring (bicyclic) bond motifs is 2. The second-order valence-electron chi connectivity index (χ2n) is 11.8. The van der Waals surface area contributed by atoms with Crippen LogP contribution < -0.4 is 16.0 Å². The summed E-state index contributed by atoms with van der Waals surface area (Å²) in [5.74, 6) is -1.14. The standard InChI is InChI=1S/C29H36Cl2F2N4O2/c1-17(6-5-7-19(31)14-33)24-25(26(38)34-20-15-37(16-20)11-10-32)36-23(13-28(2,3)4)29(24)21-9-8-18(30)12-22(21)35-27(29)39/h5-9,12,20,23-25,36H,1,10-11,13-16H2,2-4H3,(H,34,38)(H,35,39)/b6-5-,19-7+/t23-,24+,25-,29+/m1/s1. The Morgan fingerprint density at radius 3 is 2.67 bits per heavy atom. The van der Waals surface area contributed by atoms with Crippen LogP contribution in [0.5, 0.6) is 0 Å². The smallest absolute Gasteiger partial charge is 0.238 e. The number of alkyl halides is 2. The van der Waals surface area contributed by atoms with Gasteiger partial charge in [-0.3, -0.25) is 14.5 Å². The zero-order valence-electron chi connectivity index (χ0n) is 22.5. The van der Waals surface area contributed by atoms with Crippen molar-refractivity contribution in [2.75, 3.05) is 38.3 Å². The number of hydrogen-bond donors (Lipinski definition) is 3. The van der Waals surface area contributed by atoms with Crippen molar-refractivity contribution in [3.8, 4) is 0 Å². The molecule has 6 nitrogen and oxygen atoms in total. The van der Waals surface area contributed by atoms with Crippen LogP contribution in [-0.4, -0.2) is 67.8 Å². The van der Waals surface area contributed by atoms with Gasteiger partial charge < -0.3 is 16.0 Å². The number of nitrogens with zero attached hydrogens (tertiary/aromatic N) is 1. The summed E-state index contributed by atoms with van der Waals surface area (Å²) in [4.78, 5) is 29.8. The Hall–Kier alpha value is -2.26. The predicted octanol–water partition coefficient (Wildman–Crippen LogP) is 4.90. The number of amides is 2. The second kappa shape index (κ2) is 11.7. The third-order valence-corrected chi connectivity index (χ3v) is 8.19. The fraction of sp³-hybridized carbons (Fsp3) is 0.517. The molecule has 0 aliphatic carbocycles. The summed E-state index contributed by atoms with van der Waals surface area (Å²) in [6.07, 6.45) is 5.29. The number of rotatable bonds is 9. The summed E-state index contributed by atoms with van der Waals surface area (Å²) < 4.78 is 25.6. The second-order valence-corrected chi connectivity index (χ2v) is 12.7. The summed E-state index contributed by atoms with van der Waals surface area (Å²) in [7, 11) is 0. The highest BCUT2D eigenvalue weighted by molar-refractivity contribution is 6.31. The van der Waals surface area contributed by atoms with Crippen LogP contribution in [0.3, 0.4) is 0 Å². The molecule has 4 rings (SSSR count). The molecule has 0 bridgehead atoms. The lowest BCUT2D eigenvalue weighted by molar-refractivity contribution is -0.126. The first-order valence-corrected chi connectivity index (χ1v) is 13.9. The van der Waals surface area contributed by atoms with E-state index in [4.69, 9.17) is 23.2 Å². The molecule has 2 fully saturated rings. The minimum atomic E-state index is -1.15. The summed E-state index contributed by atoms with van der Waals surface area (Å²) in [5.41, 5.74) is 0.570. The molecular weight excluding hydrogens is 545 g/mol. The number of carbonyl (C=O) groups is 2. The number of nitrogens with one attached hydrogen (secondary N) is 3. The molecule has 1 aromatic rings. The Labute approximate surface area is 238 Å². The molecule has 1 aromatic carbocycles. The molecule has 2 saturated heterocycles. The number of allylic oxidation sites excluding steroid dienone is 4. The highest BCUT2D eigenvalue weighted by atomic mass is 35.5. The molecule has 212 valence electrons. The summed E-state index contributed by atoms with van der Waals surface area (Å²) in [6.45, 7) is 10.8. The molecule has 3 aliphatic heterocycles. The van der Waals surface area contributed by atoms with E-state index in [2.05, 4.69) is 43.3 Å². The highest BCUT2D eigenvalue weighted by Crippen LogP contribution is 2.55. The molecule has 0 radical (unpaired) electrons. The van der Waals surface area contributed by atoms with Gasteiger partial charge in [-0.05, 0) is 41.2 Å². The van der Waals surface area contributed by atoms with Crippen LogP contribution in [0.25, 0.3) is 0 Å². The van der Waals surface area contributed by atoms with Crippen LogP contribution in [0.2, 0.25) is 5.02 Å². The normalized spacial score (nSPS) is 27.6. The van der Waals surface area contributed by atoms with Gasteiger partial charge in [0.2, 0.25) is 11.8 Å². The first kappa shape index (κ1) is 29.7. The lowest BCUT2D eigenvalue weighted by Crippen LogP contribution is -2.62. The lowest BCUT2D eigenvalue weighted by atomic mass is 9.62. The van der Waals surface area contributed by atoms with Crippen molar-refractivity contribution in [2.24, 2.45) is 11.3 Å². The van der Waals surface area contributed by atoms with Gasteiger partial charge in [0.1, 0.15) is 18.8 Å². The maximum absolute atomic E-state index is 14.1. The number of likely N-dealkylation sites (tertiary alicyclic amines) is 1. The van der Waals surface area contributed by atoms with E-state index in [1.165, 1.54) is 6.08 Å². The fourth-order valence-corrected chi connectivity index (χ4v) is 6.40. The van der Waals surface area contributed by atoms with Crippen molar-refractivity contribution in [3.63, 3.8) is 0 Å². The van der Waals surface area contributed by atoms with Crippen molar-refractivity contribution >= 4 is 40.7 Å². The Morgan fingerprint density at radius 2 is 2.03 bits per heavy atom. The molecule has 3 N–H and O–H groups in total. The topological polar surface area (TPSA) is 73.5 Å². The number of halogens is 4. The first-order chi connectivity index (χ1) is 18.4. The van der Waals surface area contributed by atoms with Gasteiger partial charge in [0, 0.05) is 47.3 Å². The lowest BCUT2D eigenvalue weighted by Gasteiger charge is -2.40. The Balaban J connectivity index is 1.78. The van der Waals surface area contributed by atoms with Crippen LogP contribution in [-0.2, 0) is 15.0 Å². The van der Waals surface area contributed by atoms with Crippen LogP contribution in [0.1, 0.15) is 32.8 Å². The van der Waals surface area contributed by atoms with Gasteiger partial charge in [0.15, 0.2) is 0 Å². The van der Waals surface area contributed by atoms with Gasteiger partial charge in [-0.1, -0.05) is 68.8 Å². The minimum Gasteiger partial charge on any atom is -0.349 e. The Bertz CT molecular complexity index is 1190. The average molecular weight is 582 g/mol. The number of hydrogen-bond acceptors (Lipinski definition) is 4. The van der Waals surface area contributed by atoms with E-state index in [1.807, 2.05) is 11.0 Å². The molecule has 10 heteroatoms. The third kappa shape index (κ3) is 5.94. The van der Waals surface area contributed by atoms with Gasteiger partial charge in [0.25, 0.3) is 0 Å². The highest BCUT2D eigenvalue weighted by Gasteiger charge is 2.65. The zero-order chi connectivity index (χ0) is 28.5. The van der Waals surface area contributed by atoms with Crippen LogP contribution in [0.15, 0.2) is 53.6 Å². The van der Waals surface area contributed by atoms with Crippen molar-refractivity contribution in [1.29, 1.82) is 0 Å². The van der Waals surface area contributed by atoms with Gasteiger partial charge in [-0.2, -0.15) is 0 Å². The molecular formula is C29H36Cl2F2N4O2. The van der Waals surface area contributed by atoms with Crippen molar-refractivity contribution < 1.29 is 18.4 Å². The molecule has 0 aromatic heterocycles. The van der Waals surface area contributed by atoms with Crippen LogP contribution in [0, 0.1) is 11.3 Å². The van der Waals surface area contributed by atoms with Gasteiger partial charge >= 0.3 is 0 Å². The van der Waals surface area contributed by atoms with E-state index in [-0.39, 0.29) is 28.3 Å². The molecule has 3 aliphatic rings. The molecule has 2 amide bonds. The number of carbonyl (C=O) groups excluding carboxylic acids is 2. The van der Waals surface area contributed by atoms with E-state index in [1.54, 1.807) is 24.3 Å². The summed E-state index contributed by atoms with van der Waals surface area (Å²) in [6, 6.07) is 4.02. The monoisotopic (exact) mass is 580 g/mol. The molecule has 1 spiro atoms. The fourth-order valence-electron chi connectivity index (χ4n) is 6.15. The Kier molecular flexibility index (Phi) is 8.91. The maximum atomic E-state index is 14.1. The zero-order valence-corrected chi connectivity index (χ0v) is 24.0. The largest absolute Gasteiger partial charge is 0.349 e. The quantitative estimate of drug-likeness (QED) is 0.363. The third-order valence-electron chi connectivity index (χ3n) is 7.72.